The van der Waals surface area contributed by atoms with E-state index in [4.69, 9.17) is 23.2 Å². The summed E-state index contributed by atoms with van der Waals surface area (Å²) in [7, 11) is 0. The first-order valence-electron chi connectivity index (χ1n) is 9.97. The van der Waals surface area contributed by atoms with E-state index in [1.165, 1.54) is 12.5 Å². The lowest BCUT2D eigenvalue weighted by Crippen LogP contribution is -2.33. The average molecular weight is 432 g/mol. The second-order valence-electron chi connectivity index (χ2n) is 7.61. The van der Waals surface area contributed by atoms with Crippen molar-refractivity contribution in [2.45, 2.75) is 38.1 Å². The molecule has 1 saturated heterocycles. The van der Waals surface area contributed by atoms with Crippen molar-refractivity contribution in [2.24, 2.45) is 0 Å². The Morgan fingerprint density at radius 1 is 0.897 bits per heavy atom. The maximum Gasteiger partial charge on any atom is 0.255 e. The number of hydrogen-bond acceptors (Lipinski definition) is 3. The number of anilines is 2. The molecular formula is C22H23Cl2N3O2. The molecule has 2 fully saturated rings. The summed E-state index contributed by atoms with van der Waals surface area (Å²) in [4.78, 5) is 27.7. The van der Waals surface area contributed by atoms with Crippen LogP contribution >= 0.6 is 23.2 Å². The highest BCUT2D eigenvalue weighted by Crippen LogP contribution is 2.29. The van der Waals surface area contributed by atoms with Crippen molar-refractivity contribution in [3.8, 4) is 0 Å². The summed E-state index contributed by atoms with van der Waals surface area (Å²) < 4.78 is 0. The van der Waals surface area contributed by atoms with E-state index in [0.717, 1.165) is 44.5 Å². The number of carbonyl (C=O) groups excluding carboxylic acids is 2. The molecule has 0 aromatic heterocycles. The van der Waals surface area contributed by atoms with Gasteiger partial charge in [0.05, 0.1) is 15.6 Å². The molecule has 2 amide bonds. The number of amides is 2. The van der Waals surface area contributed by atoms with Gasteiger partial charge in [-0.05, 0) is 68.5 Å². The van der Waals surface area contributed by atoms with E-state index in [-0.39, 0.29) is 17.9 Å². The summed E-state index contributed by atoms with van der Waals surface area (Å²) in [6.45, 7) is 1.89. The van der Waals surface area contributed by atoms with Gasteiger partial charge in [-0.1, -0.05) is 23.2 Å². The van der Waals surface area contributed by atoms with Gasteiger partial charge in [0.25, 0.3) is 11.8 Å². The summed E-state index contributed by atoms with van der Waals surface area (Å²) in [5.74, 6) is -0.387. The van der Waals surface area contributed by atoms with Crippen LogP contribution in [0.15, 0.2) is 36.4 Å². The van der Waals surface area contributed by atoms with Gasteiger partial charge >= 0.3 is 0 Å². The second kappa shape index (κ2) is 8.64. The molecule has 152 valence electrons. The molecule has 0 spiro atoms. The molecule has 0 radical (unpaired) electrons. The lowest BCUT2D eigenvalue weighted by Gasteiger charge is -2.30. The first-order chi connectivity index (χ1) is 14.0. The number of rotatable bonds is 5. The normalized spacial score (nSPS) is 16.4. The number of hydrogen-bond donors (Lipinski definition) is 2. The molecule has 0 atom stereocenters. The number of nitrogens with one attached hydrogen (secondary N) is 2. The highest BCUT2D eigenvalue weighted by atomic mass is 35.5. The Hall–Kier alpha value is -2.24. The Bertz CT molecular complexity index is 938. The molecule has 1 heterocycles. The predicted octanol–water partition coefficient (Wildman–Crippen LogP) is 5.13. The summed E-state index contributed by atoms with van der Waals surface area (Å²) in [5, 5.41) is 6.65. The molecule has 4 rings (SSSR count). The van der Waals surface area contributed by atoms with Crippen molar-refractivity contribution in [3.05, 3.63) is 57.6 Å². The fraction of sp³-hybridized carbons (Fsp3) is 0.364. The zero-order chi connectivity index (χ0) is 20.4. The van der Waals surface area contributed by atoms with Crippen LogP contribution in [0.2, 0.25) is 10.0 Å². The lowest BCUT2D eigenvalue weighted by atomic mass is 10.1. The first kappa shape index (κ1) is 20.0. The third-order valence-electron chi connectivity index (χ3n) is 5.29. The Morgan fingerprint density at radius 3 is 2.34 bits per heavy atom. The monoisotopic (exact) mass is 431 g/mol. The Balaban J connectivity index is 1.58. The minimum Gasteiger partial charge on any atom is -0.371 e. The second-order valence-corrected chi connectivity index (χ2v) is 8.42. The average Bonchev–Trinajstić information content (AvgIpc) is 3.54. The van der Waals surface area contributed by atoms with Crippen molar-refractivity contribution < 1.29 is 9.59 Å². The summed E-state index contributed by atoms with van der Waals surface area (Å²) >= 11 is 11.9. The van der Waals surface area contributed by atoms with Crippen LogP contribution in [0.4, 0.5) is 11.4 Å². The Kier molecular flexibility index (Phi) is 5.97. The zero-order valence-corrected chi connectivity index (χ0v) is 17.5. The van der Waals surface area contributed by atoms with Gasteiger partial charge in [0.1, 0.15) is 0 Å². The van der Waals surface area contributed by atoms with E-state index in [0.29, 0.717) is 26.9 Å². The third kappa shape index (κ3) is 4.85. The fourth-order valence-electron chi connectivity index (χ4n) is 3.54. The van der Waals surface area contributed by atoms with Gasteiger partial charge in [0.2, 0.25) is 0 Å². The van der Waals surface area contributed by atoms with E-state index in [1.807, 2.05) is 12.1 Å². The van der Waals surface area contributed by atoms with Gasteiger partial charge in [0.15, 0.2) is 0 Å². The van der Waals surface area contributed by atoms with Crippen LogP contribution < -0.4 is 15.5 Å². The highest BCUT2D eigenvalue weighted by Gasteiger charge is 2.26. The smallest absolute Gasteiger partial charge is 0.255 e. The lowest BCUT2D eigenvalue weighted by molar-refractivity contribution is 0.0950. The number of piperidine rings is 1. The van der Waals surface area contributed by atoms with Gasteiger partial charge < -0.3 is 15.5 Å². The molecule has 2 N–H and O–H groups in total. The van der Waals surface area contributed by atoms with E-state index < -0.39 is 0 Å². The quantitative estimate of drug-likeness (QED) is 0.689. The van der Waals surface area contributed by atoms with Crippen molar-refractivity contribution in [3.63, 3.8) is 0 Å². The summed E-state index contributed by atoms with van der Waals surface area (Å²) in [6.07, 6.45) is 5.52. The van der Waals surface area contributed by atoms with Gasteiger partial charge in [0, 0.05) is 36.1 Å². The van der Waals surface area contributed by atoms with Crippen molar-refractivity contribution in [2.75, 3.05) is 23.3 Å². The maximum atomic E-state index is 12.9. The molecule has 2 aromatic carbocycles. The van der Waals surface area contributed by atoms with Crippen LogP contribution in [-0.4, -0.2) is 30.9 Å². The molecule has 1 saturated carbocycles. The molecule has 1 aliphatic heterocycles. The molecule has 7 heteroatoms. The minimum atomic E-state index is -0.303. The topological polar surface area (TPSA) is 61.4 Å². The largest absolute Gasteiger partial charge is 0.371 e. The summed E-state index contributed by atoms with van der Waals surface area (Å²) in [5.41, 5.74) is 2.51. The third-order valence-corrected chi connectivity index (χ3v) is 6.03. The predicted molar refractivity (Wildman–Crippen MR) is 117 cm³/mol. The van der Waals surface area contributed by atoms with E-state index >= 15 is 0 Å². The van der Waals surface area contributed by atoms with Crippen molar-refractivity contribution >= 4 is 46.4 Å². The van der Waals surface area contributed by atoms with E-state index in [9.17, 15) is 9.59 Å². The minimum absolute atomic E-state index is 0.0845. The van der Waals surface area contributed by atoms with E-state index in [1.54, 1.807) is 18.2 Å². The van der Waals surface area contributed by atoms with Crippen LogP contribution in [0.1, 0.15) is 52.8 Å². The number of halogens is 2. The van der Waals surface area contributed by atoms with E-state index in [2.05, 4.69) is 15.5 Å². The van der Waals surface area contributed by atoms with Crippen molar-refractivity contribution in [1.29, 1.82) is 0 Å². The molecule has 29 heavy (non-hydrogen) atoms. The molecule has 2 aliphatic rings. The number of carbonyl (C=O) groups is 2. The molecular weight excluding hydrogens is 409 g/mol. The van der Waals surface area contributed by atoms with Gasteiger partial charge in [-0.25, -0.2) is 0 Å². The number of nitrogens with zero attached hydrogens (tertiary/aromatic N) is 1. The van der Waals surface area contributed by atoms with Crippen LogP contribution in [0.3, 0.4) is 0 Å². The first-order valence-corrected chi connectivity index (χ1v) is 10.7. The standard InChI is InChI=1S/C22H23Cl2N3O2/c23-18-8-4-14(12-19(18)24)21(28)26-16-7-9-20(27-10-2-1-3-11-27)17(13-16)22(29)25-15-5-6-15/h4,7-9,12-13,15H,1-3,5-6,10-11H2,(H,25,29)(H,26,28). The molecule has 1 aliphatic carbocycles. The van der Waals surface area contributed by atoms with Crippen LogP contribution in [0.5, 0.6) is 0 Å². The van der Waals surface area contributed by atoms with Crippen LogP contribution in [0.25, 0.3) is 0 Å². The highest BCUT2D eigenvalue weighted by molar-refractivity contribution is 6.42. The number of benzene rings is 2. The Labute approximate surface area is 180 Å². The molecule has 0 bridgehead atoms. The molecule has 2 aromatic rings. The zero-order valence-electron chi connectivity index (χ0n) is 16.0. The van der Waals surface area contributed by atoms with Gasteiger partial charge in [-0.2, -0.15) is 0 Å². The van der Waals surface area contributed by atoms with Crippen molar-refractivity contribution in [1.82, 2.24) is 5.32 Å². The fourth-order valence-corrected chi connectivity index (χ4v) is 3.84. The molecule has 0 unspecified atom stereocenters. The van der Waals surface area contributed by atoms with Gasteiger partial charge in [-0.3, -0.25) is 9.59 Å². The summed E-state index contributed by atoms with van der Waals surface area (Å²) in [6, 6.07) is 10.5. The molecule has 5 nitrogen and oxygen atoms in total. The van der Waals surface area contributed by atoms with Crippen LogP contribution in [-0.2, 0) is 0 Å². The van der Waals surface area contributed by atoms with Gasteiger partial charge in [-0.15, -0.1) is 0 Å². The Morgan fingerprint density at radius 2 is 1.66 bits per heavy atom. The van der Waals surface area contributed by atoms with Crippen LogP contribution in [0, 0.1) is 0 Å². The maximum absolute atomic E-state index is 12.9. The SMILES string of the molecule is O=C(Nc1ccc(N2CCCCC2)c(C(=O)NC2CC2)c1)c1ccc(Cl)c(Cl)c1.